The van der Waals surface area contributed by atoms with Gasteiger partial charge in [0.1, 0.15) is 5.75 Å². The maximum atomic E-state index is 12.1. The van der Waals surface area contributed by atoms with Gasteiger partial charge in [0.25, 0.3) is 0 Å². The molecule has 1 aliphatic heterocycles. The van der Waals surface area contributed by atoms with Crippen LogP contribution >= 0.6 is 0 Å². The van der Waals surface area contributed by atoms with Crippen molar-refractivity contribution in [2.45, 2.75) is 18.8 Å². The fourth-order valence-electron chi connectivity index (χ4n) is 2.19. The molecule has 1 fully saturated rings. The van der Waals surface area contributed by atoms with Crippen molar-refractivity contribution in [3.63, 3.8) is 0 Å². The Morgan fingerprint density at radius 3 is 2.86 bits per heavy atom. The SMILES string of the molecule is NCC1CN[C@H](C(=O)Nc2cccc(OC(F)(F)F)c2)C1. The van der Waals surface area contributed by atoms with Gasteiger partial charge >= 0.3 is 6.36 Å². The van der Waals surface area contributed by atoms with Gasteiger partial charge in [-0.1, -0.05) is 6.07 Å². The minimum absolute atomic E-state index is 0.237. The molecule has 1 saturated heterocycles. The molecule has 1 amide bonds. The highest BCUT2D eigenvalue weighted by Crippen LogP contribution is 2.25. The third kappa shape index (κ3) is 4.61. The van der Waals surface area contributed by atoms with E-state index in [1.165, 1.54) is 18.2 Å². The van der Waals surface area contributed by atoms with Crippen LogP contribution in [0.3, 0.4) is 0 Å². The maximum Gasteiger partial charge on any atom is 0.573 e. The van der Waals surface area contributed by atoms with Gasteiger partial charge in [0, 0.05) is 11.8 Å². The number of halogens is 3. The molecule has 1 aliphatic rings. The molecule has 1 heterocycles. The summed E-state index contributed by atoms with van der Waals surface area (Å²) in [6, 6.07) is 4.78. The van der Waals surface area contributed by atoms with Crippen molar-refractivity contribution in [3.8, 4) is 5.75 Å². The number of carbonyl (C=O) groups excluding carboxylic acids is 1. The molecule has 0 aromatic heterocycles. The summed E-state index contributed by atoms with van der Waals surface area (Å²) in [6.45, 7) is 1.15. The first-order valence-corrected chi connectivity index (χ1v) is 6.47. The number of nitrogens with two attached hydrogens (primary N) is 1. The predicted octanol–water partition coefficient (Wildman–Crippen LogP) is 1.46. The van der Waals surface area contributed by atoms with Gasteiger partial charge in [0.2, 0.25) is 5.91 Å². The third-order valence-electron chi connectivity index (χ3n) is 3.21. The first-order valence-electron chi connectivity index (χ1n) is 6.47. The molecule has 4 N–H and O–H groups in total. The van der Waals surface area contributed by atoms with Gasteiger partial charge in [-0.2, -0.15) is 0 Å². The van der Waals surface area contributed by atoms with Crippen molar-refractivity contribution in [2.75, 3.05) is 18.4 Å². The lowest BCUT2D eigenvalue weighted by atomic mass is 10.1. The number of hydrogen-bond donors (Lipinski definition) is 3. The van der Waals surface area contributed by atoms with Crippen molar-refractivity contribution in [2.24, 2.45) is 11.7 Å². The van der Waals surface area contributed by atoms with Crippen molar-refractivity contribution >= 4 is 11.6 Å². The molecule has 0 radical (unpaired) electrons. The highest BCUT2D eigenvalue weighted by molar-refractivity contribution is 5.95. The summed E-state index contributed by atoms with van der Waals surface area (Å²) in [5.41, 5.74) is 5.78. The van der Waals surface area contributed by atoms with Gasteiger partial charge in [-0.3, -0.25) is 4.79 Å². The van der Waals surface area contributed by atoms with Crippen molar-refractivity contribution in [1.29, 1.82) is 0 Å². The Bertz CT molecular complexity index is 508. The van der Waals surface area contributed by atoms with Crippen LogP contribution < -0.4 is 21.1 Å². The molecule has 1 unspecified atom stereocenters. The number of amides is 1. The topological polar surface area (TPSA) is 76.4 Å². The third-order valence-corrected chi connectivity index (χ3v) is 3.21. The van der Waals surface area contributed by atoms with Crippen LogP contribution in [-0.4, -0.2) is 31.4 Å². The Morgan fingerprint density at radius 2 is 2.24 bits per heavy atom. The van der Waals surface area contributed by atoms with E-state index in [4.69, 9.17) is 5.73 Å². The standard InChI is InChI=1S/C13H16F3N3O2/c14-13(15,16)21-10-3-1-2-9(5-10)19-12(20)11-4-8(6-17)7-18-11/h1-3,5,8,11,18H,4,6-7,17H2,(H,19,20)/t8?,11-/m0/s1. The molecule has 1 aromatic carbocycles. The van der Waals surface area contributed by atoms with Crippen molar-refractivity contribution in [3.05, 3.63) is 24.3 Å². The monoisotopic (exact) mass is 303 g/mol. The van der Waals surface area contributed by atoms with Crippen LogP contribution in [-0.2, 0) is 4.79 Å². The Morgan fingerprint density at radius 1 is 1.48 bits per heavy atom. The highest BCUT2D eigenvalue weighted by Gasteiger charge is 2.31. The highest BCUT2D eigenvalue weighted by atomic mass is 19.4. The van der Waals surface area contributed by atoms with Gasteiger partial charge in [0.05, 0.1) is 6.04 Å². The van der Waals surface area contributed by atoms with Crippen molar-refractivity contribution in [1.82, 2.24) is 5.32 Å². The minimum Gasteiger partial charge on any atom is -0.406 e. The lowest BCUT2D eigenvalue weighted by Crippen LogP contribution is -2.35. The summed E-state index contributed by atoms with van der Waals surface area (Å²) >= 11 is 0. The van der Waals surface area contributed by atoms with Crippen LogP contribution in [0.1, 0.15) is 6.42 Å². The number of benzene rings is 1. The van der Waals surface area contributed by atoms with E-state index in [1.807, 2.05) is 0 Å². The normalized spacial score (nSPS) is 22.1. The summed E-state index contributed by atoms with van der Waals surface area (Å²) in [6.07, 6.45) is -4.15. The minimum atomic E-state index is -4.76. The van der Waals surface area contributed by atoms with Gasteiger partial charge < -0.3 is 21.1 Å². The number of nitrogens with one attached hydrogen (secondary N) is 2. The second-order valence-electron chi connectivity index (χ2n) is 4.86. The van der Waals surface area contributed by atoms with Crippen LogP contribution in [0, 0.1) is 5.92 Å². The summed E-state index contributed by atoms with van der Waals surface area (Å²) in [5.74, 6) is -0.435. The lowest BCUT2D eigenvalue weighted by molar-refractivity contribution is -0.274. The second-order valence-corrected chi connectivity index (χ2v) is 4.86. The molecular formula is C13H16F3N3O2. The molecule has 21 heavy (non-hydrogen) atoms. The van der Waals surface area contributed by atoms with E-state index in [1.54, 1.807) is 0 Å². The fraction of sp³-hybridized carbons (Fsp3) is 0.462. The molecule has 2 rings (SSSR count). The molecule has 8 heteroatoms. The van der Waals surface area contributed by atoms with Gasteiger partial charge in [-0.15, -0.1) is 13.2 Å². The quantitative estimate of drug-likeness (QED) is 0.787. The molecule has 116 valence electrons. The molecule has 1 aromatic rings. The van der Waals surface area contributed by atoms with E-state index in [9.17, 15) is 18.0 Å². The number of alkyl halides is 3. The van der Waals surface area contributed by atoms with Crippen LogP contribution in [0.4, 0.5) is 18.9 Å². The smallest absolute Gasteiger partial charge is 0.406 e. The van der Waals surface area contributed by atoms with Gasteiger partial charge in [0.15, 0.2) is 0 Å². The Balaban J connectivity index is 1.96. The van der Waals surface area contributed by atoms with Gasteiger partial charge in [-0.05, 0) is 37.6 Å². The Kier molecular flexibility index (Phi) is 4.69. The molecular weight excluding hydrogens is 287 g/mol. The molecule has 2 atom stereocenters. The molecule has 0 aliphatic carbocycles. The van der Waals surface area contributed by atoms with Crippen LogP contribution in [0.5, 0.6) is 5.75 Å². The van der Waals surface area contributed by atoms with E-state index in [0.717, 1.165) is 6.07 Å². The number of hydrogen-bond acceptors (Lipinski definition) is 4. The van der Waals surface area contributed by atoms with E-state index in [-0.39, 0.29) is 29.3 Å². The molecule has 0 saturated carbocycles. The molecule has 5 nitrogen and oxygen atoms in total. The zero-order valence-corrected chi connectivity index (χ0v) is 11.1. The molecule has 0 spiro atoms. The summed E-state index contributed by atoms with van der Waals surface area (Å²) in [7, 11) is 0. The second kappa shape index (κ2) is 6.31. The van der Waals surface area contributed by atoms with Crippen LogP contribution in [0.15, 0.2) is 24.3 Å². The number of ether oxygens (including phenoxy) is 1. The van der Waals surface area contributed by atoms with Crippen LogP contribution in [0.2, 0.25) is 0 Å². The zero-order chi connectivity index (χ0) is 15.5. The average molecular weight is 303 g/mol. The number of anilines is 1. The van der Waals surface area contributed by atoms with Crippen LogP contribution in [0.25, 0.3) is 0 Å². The first-order chi connectivity index (χ1) is 9.87. The lowest BCUT2D eigenvalue weighted by Gasteiger charge is -2.13. The van der Waals surface area contributed by atoms with E-state index in [0.29, 0.717) is 19.5 Å². The fourth-order valence-corrected chi connectivity index (χ4v) is 2.19. The van der Waals surface area contributed by atoms with Crippen molar-refractivity contribution < 1.29 is 22.7 Å². The largest absolute Gasteiger partial charge is 0.573 e. The average Bonchev–Trinajstić information content (AvgIpc) is 2.85. The maximum absolute atomic E-state index is 12.1. The van der Waals surface area contributed by atoms with E-state index in [2.05, 4.69) is 15.4 Å². The Labute approximate surface area is 119 Å². The molecule has 0 bridgehead atoms. The van der Waals surface area contributed by atoms with E-state index < -0.39 is 6.36 Å². The summed E-state index contributed by atoms with van der Waals surface area (Å²) in [5, 5.41) is 5.59. The van der Waals surface area contributed by atoms with E-state index >= 15 is 0 Å². The van der Waals surface area contributed by atoms with Gasteiger partial charge in [-0.25, -0.2) is 0 Å². The first kappa shape index (κ1) is 15.6. The number of rotatable bonds is 4. The predicted molar refractivity (Wildman–Crippen MR) is 70.7 cm³/mol. The zero-order valence-electron chi connectivity index (χ0n) is 11.1. The number of carbonyl (C=O) groups is 1. The Hall–Kier alpha value is -1.80. The summed E-state index contributed by atoms with van der Waals surface area (Å²) in [4.78, 5) is 12.0. The summed E-state index contributed by atoms with van der Waals surface area (Å²) < 4.78 is 40.2.